The molecule has 0 aromatic carbocycles. The maximum absolute atomic E-state index is 5.48. The summed E-state index contributed by atoms with van der Waals surface area (Å²) in [7, 11) is 2.04. The second-order valence-corrected chi connectivity index (χ2v) is 3.18. The van der Waals surface area contributed by atoms with Gasteiger partial charge in [0, 0.05) is 25.7 Å². The second kappa shape index (κ2) is 2.34. The van der Waals surface area contributed by atoms with E-state index in [1.54, 1.807) is 0 Å². The van der Waals surface area contributed by atoms with E-state index >= 15 is 0 Å². The zero-order chi connectivity index (χ0) is 7.84. The van der Waals surface area contributed by atoms with Gasteiger partial charge in [-0.2, -0.15) is 0 Å². The van der Waals surface area contributed by atoms with Crippen LogP contribution in [0.5, 0.6) is 0 Å². The molecule has 1 aliphatic rings. The van der Waals surface area contributed by atoms with Gasteiger partial charge in [0.1, 0.15) is 5.82 Å². The Morgan fingerprint density at radius 3 is 2.91 bits per heavy atom. The molecule has 0 aliphatic heterocycles. The van der Waals surface area contributed by atoms with Gasteiger partial charge in [0.2, 0.25) is 0 Å². The summed E-state index contributed by atoms with van der Waals surface area (Å²) in [5.41, 5.74) is 6.49. The number of nitrogens with two attached hydrogens (primary N) is 1. The van der Waals surface area contributed by atoms with Crippen LogP contribution in [-0.2, 0) is 13.6 Å². The van der Waals surface area contributed by atoms with Gasteiger partial charge in [0.25, 0.3) is 0 Å². The molecule has 1 fully saturated rings. The topological polar surface area (TPSA) is 43.8 Å². The van der Waals surface area contributed by atoms with Crippen molar-refractivity contribution in [1.82, 2.24) is 9.55 Å². The summed E-state index contributed by atoms with van der Waals surface area (Å²) in [6, 6.07) is 0. The van der Waals surface area contributed by atoms with E-state index in [0.717, 1.165) is 11.6 Å². The first-order chi connectivity index (χ1) is 5.31. The maximum Gasteiger partial charge on any atom is 0.111 e. The van der Waals surface area contributed by atoms with Crippen LogP contribution >= 0.6 is 0 Å². The Hall–Kier alpha value is -0.830. The Morgan fingerprint density at radius 2 is 2.45 bits per heavy atom. The van der Waals surface area contributed by atoms with Crippen molar-refractivity contribution in [3.8, 4) is 0 Å². The first-order valence-corrected chi connectivity index (χ1v) is 4.03. The molecule has 1 saturated carbocycles. The van der Waals surface area contributed by atoms with Gasteiger partial charge >= 0.3 is 0 Å². The molecule has 60 valence electrons. The fourth-order valence-corrected chi connectivity index (χ4v) is 1.36. The largest absolute Gasteiger partial charge is 0.337 e. The molecule has 11 heavy (non-hydrogen) atoms. The monoisotopic (exact) mass is 151 g/mol. The van der Waals surface area contributed by atoms with E-state index < -0.39 is 0 Å². The average Bonchev–Trinajstić information content (AvgIpc) is 2.76. The lowest BCUT2D eigenvalue weighted by molar-refractivity contribution is 0.799. The third kappa shape index (κ3) is 1.16. The summed E-state index contributed by atoms with van der Waals surface area (Å²) in [6.45, 7) is 0.556. The van der Waals surface area contributed by atoms with Crippen molar-refractivity contribution < 1.29 is 0 Å². The van der Waals surface area contributed by atoms with Gasteiger partial charge in [0.15, 0.2) is 0 Å². The number of rotatable bonds is 2. The van der Waals surface area contributed by atoms with Crippen molar-refractivity contribution >= 4 is 0 Å². The van der Waals surface area contributed by atoms with Gasteiger partial charge in [-0.15, -0.1) is 0 Å². The summed E-state index contributed by atoms with van der Waals surface area (Å²) < 4.78 is 2.10. The highest BCUT2D eigenvalue weighted by Crippen LogP contribution is 2.38. The Balaban J connectivity index is 2.30. The summed E-state index contributed by atoms with van der Waals surface area (Å²) in [5.74, 6) is 1.94. The molecule has 1 aliphatic carbocycles. The van der Waals surface area contributed by atoms with Gasteiger partial charge in [-0.3, -0.25) is 0 Å². The molecule has 1 aromatic rings. The number of nitrogens with zero attached hydrogens (tertiary/aromatic N) is 2. The van der Waals surface area contributed by atoms with Gasteiger partial charge in [-0.05, 0) is 12.8 Å². The van der Waals surface area contributed by atoms with E-state index in [-0.39, 0.29) is 0 Å². The van der Waals surface area contributed by atoms with E-state index in [4.69, 9.17) is 5.73 Å². The highest BCUT2D eigenvalue weighted by molar-refractivity contribution is 5.12. The van der Waals surface area contributed by atoms with Crippen LogP contribution in [0, 0.1) is 0 Å². The molecule has 3 heteroatoms. The highest BCUT2D eigenvalue weighted by Gasteiger charge is 2.27. The van der Waals surface area contributed by atoms with E-state index in [1.807, 2.05) is 13.2 Å². The lowest BCUT2D eigenvalue weighted by Crippen LogP contribution is -1.96. The molecular weight excluding hydrogens is 138 g/mol. The Bertz CT molecular complexity index is 260. The van der Waals surface area contributed by atoms with Crippen LogP contribution in [0.1, 0.15) is 30.3 Å². The van der Waals surface area contributed by atoms with Crippen LogP contribution in [0.25, 0.3) is 0 Å². The van der Waals surface area contributed by atoms with Crippen molar-refractivity contribution in [2.45, 2.75) is 25.3 Å². The smallest absolute Gasteiger partial charge is 0.111 e. The van der Waals surface area contributed by atoms with Crippen LogP contribution < -0.4 is 5.73 Å². The third-order valence-corrected chi connectivity index (χ3v) is 2.11. The van der Waals surface area contributed by atoms with Gasteiger partial charge in [-0.25, -0.2) is 4.98 Å². The predicted molar refractivity (Wildman–Crippen MR) is 43.1 cm³/mol. The van der Waals surface area contributed by atoms with E-state index in [2.05, 4.69) is 9.55 Å². The third-order valence-electron chi connectivity index (χ3n) is 2.11. The van der Waals surface area contributed by atoms with Gasteiger partial charge in [-0.1, -0.05) is 0 Å². The minimum absolute atomic E-state index is 0.556. The fourth-order valence-electron chi connectivity index (χ4n) is 1.36. The van der Waals surface area contributed by atoms with Crippen LogP contribution in [0.3, 0.4) is 0 Å². The zero-order valence-electron chi connectivity index (χ0n) is 6.75. The lowest BCUT2D eigenvalue weighted by atomic mass is 10.4. The summed E-state index contributed by atoms with van der Waals surface area (Å²) in [4.78, 5) is 4.43. The molecule has 0 spiro atoms. The predicted octanol–water partition coefficient (Wildman–Crippen LogP) is 0.756. The highest BCUT2D eigenvalue weighted by atomic mass is 15.1. The summed E-state index contributed by atoms with van der Waals surface area (Å²) in [6.07, 6.45) is 4.62. The van der Waals surface area contributed by atoms with E-state index in [0.29, 0.717) is 6.54 Å². The number of aromatic nitrogens is 2. The standard InChI is InChI=1S/C8H13N3/c1-11-5-7(4-9)10-8(11)6-2-3-6/h5-6H,2-4,9H2,1H3. The van der Waals surface area contributed by atoms with Crippen molar-refractivity contribution in [2.24, 2.45) is 12.8 Å². The first kappa shape index (κ1) is 6.85. The number of imidazole rings is 1. The molecule has 0 amide bonds. The molecular formula is C8H13N3. The minimum Gasteiger partial charge on any atom is -0.337 e. The van der Waals surface area contributed by atoms with Crippen LogP contribution in [0.2, 0.25) is 0 Å². The number of hydrogen-bond donors (Lipinski definition) is 1. The van der Waals surface area contributed by atoms with Crippen LogP contribution in [0.15, 0.2) is 6.20 Å². The summed E-state index contributed by atoms with van der Waals surface area (Å²) in [5, 5.41) is 0. The lowest BCUT2D eigenvalue weighted by Gasteiger charge is -1.94. The number of aryl methyl sites for hydroxylation is 1. The fraction of sp³-hybridized carbons (Fsp3) is 0.625. The quantitative estimate of drug-likeness (QED) is 0.678. The Labute approximate surface area is 66.2 Å². The second-order valence-electron chi connectivity index (χ2n) is 3.18. The van der Waals surface area contributed by atoms with Crippen molar-refractivity contribution in [3.63, 3.8) is 0 Å². The van der Waals surface area contributed by atoms with Gasteiger partial charge < -0.3 is 10.3 Å². The molecule has 1 heterocycles. The van der Waals surface area contributed by atoms with Crippen molar-refractivity contribution in [1.29, 1.82) is 0 Å². The van der Waals surface area contributed by atoms with Crippen LogP contribution in [-0.4, -0.2) is 9.55 Å². The first-order valence-electron chi connectivity index (χ1n) is 4.03. The molecule has 1 aromatic heterocycles. The summed E-state index contributed by atoms with van der Waals surface area (Å²) >= 11 is 0. The average molecular weight is 151 g/mol. The Kier molecular flexibility index (Phi) is 1.46. The molecule has 3 nitrogen and oxygen atoms in total. The number of hydrogen-bond acceptors (Lipinski definition) is 2. The molecule has 2 N–H and O–H groups in total. The molecule has 0 atom stereocenters. The zero-order valence-corrected chi connectivity index (χ0v) is 6.75. The molecule has 0 radical (unpaired) electrons. The van der Waals surface area contributed by atoms with Crippen molar-refractivity contribution in [2.75, 3.05) is 0 Å². The molecule has 0 saturated heterocycles. The van der Waals surface area contributed by atoms with Crippen molar-refractivity contribution in [3.05, 3.63) is 17.7 Å². The minimum atomic E-state index is 0.556. The van der Waals surface area contributed by atoms with E-state index in [1.165, 1.54) is 18.7 Å². The van der Waals surface area contributed by atoms with E-state index in [9.17, 15) is 0 Å². The normalized spacial score (nSPS) is 17.3. The SMILES string of the molecule is Cn1cc(CN)nc1C1CC1. The molecule has 0 bridgehead atoms. The molecule has 0 unspecified atom stereocenters. The van der Waals surface area contributed by atoms with Gasteiger partial charge in [0.05, 0.1) is 5.69 Å². The Morgan fingerprint density at radius 1 is 1.73 bits per heavy atom. The maximum atomic E-state index is 5.48. The van der Waals surface area contributed by atoms with Crippen LogP contribution in [0.4, 0.5) is 0 Å². The molecule has 2 rings (SSSR count).